The van der Waals surface area contributed by atoms with Gasteiger partial charge in [-0.3, -0.25) is 0 Å². The Morgan fingerprint density at radius 3 is 1.10 bits per heavy atom. The van der Waals surface area contributed by atoms with Crippen molar-refractivity contribution in [3.8, 4) is 23.0 Å². The minimum absolute atomic E-state index is 0.0119. The monoisotopic (exact) mass is 698 g/mol. The van der Waals surface area contributed by atoms with Gasteiger partial charge in [-0.2, -0.15) is 0 Å². The van der Waals surface area contributed by atoms with Crippen LogP contribution in [0.1, 0.15) is 56.9 Å². The second-order valence-corrected chi connectivity index (χ2v) is 13.6. The van der Waals surface area contributed by atoms with Crippen molar-refractivity contribution >= 4 is 5.97 Å². The molecule has 3 atom stereocenters. The summed E-state index contributed by atoms with van der Waals surface area (Å²) < 4.78 is 27.8. The van der Waals surface area contributed by atoms with Gasteiger partial charge >= 0.3 is 5.97 Å². The number of benzene rings is 4. The molecule has 4 rings (SSSR count). The molecule has 3 N–H and O–H groups in total. The van der Waals surface area contributed by atoms with Gasteiger partial charge in [-0.05, 0) is 77.7 Å². The second kappa shape index (κ2) is 17.9. The van der Waals surface area contributed by atoms with E-state index in [1.807, 2.05) is 97.1 Å². The Morgan fingerprint density at radius 1 is 0.549 bits per heavy atom. The maximum absolute atomic E-state index is 11.2. The molecule has 4 aromatic rings. The van der Waals surface area contributed by atoms with Crippen molar-refractivity contribution in [1.82, 2.24) is 0 Å². The van der Waals surface area contributed by atoms with Crippen LogP contribution in [-0.4, -0.2) is 72.6 Å². The first-order valence-electron chi connectivity index (χ1n) is 17.0. The topological polar surface area (TPSA) is 124 Å². The van der Waals surface area contributed by atoms with Crippen LogP contribution in [0.25, 0.3) is 0 Å². The van der Waals surface area contributed by atoms with Crippen LogP contribution in [-0.2, 0) is 20.4 Å². The van der Waals surface area contributed by atoms with Crippen LogP contribution in [0, 0.1) is 0 Å². The van der Waals surface area contributed by atoms with Crippen molar-refractivity contribution in [2.24, 2.45) is 0 Å². The van der Waals surface area contributed by atoms with Gasteiger partial charge < -0.3 is 39.0 Å². The number of aliphatic hydroxyl groups excluding tert-OH is 3. The van der Waals surface area contributed by atoms with E-state index in [1.54, 1.807) is 6.92 Å². The van der Waals surface area contributed by atoms with Crippen molar-refractivity contribution in [2.45, 2.75) is 63.8 Å². The fraction of sp³-hybridized carbons (Fsp3) is 0.357. The van der Waals surface area contributed by atoms with Crippen molar-refractivity contribution < 1.29 is 43.8 Å². The zero-order valence-corrected chi connectivity index (χ0v) is 30.1. The maximum atomic E-state index is 11.2. The number of aliphatic hydroxyl groups is 3. The molecule has 9 nitrogen and oxygen atoms in total. The Balaban J connectivity index is 1.22. The van der Waals surface area contributed by atoms with Gasteiger partial charge in [0.1, 0.15) is 68.2 Å². The third-order valence-electron chi connectivity index (χ3n) is 8.71. The molecule has 4 aromatic carbocycles. The van der Waals surface area contributed by atoms with E-state index in [4.69, 9.17) is 23.7 Å². The fourth-order valence-electron chi connectivity index (χ4n) is 5.33. The molecular formula is C42H50O9. The SMILES string of the molecule is C=CC(=O)OCC(O)COc1ccc(C(C)(C)c2ccc(OCC(O)COc3ccc(C(C)(C)c4ccc(OCC(C)O)cc4)cc3)cc2)cc1. The maximum Gasteiger partial charge on any atom is 0.330 e. The molecule has 0 aliphatic carbocycles. The number of esters is 1. The lowest BCUT2D eigenvalue weighted by Gasteiger charge is -2.27. The van der Waals surface area contributed by atoms with Crippen molar-refractivity contribution in [2.75, 3.05) is 33.0 Å². The van der Waals surface area contributed by atoms with Gasteiger partial charge in [-0.25, -0.2) is 4.79 Å². The first-order valence-corrected chi connectivity index (χ1v) is 17.0. The molecule has 3 unspecified atom stereocenters. The van der Waals surface area contributed by atoms with E-state index < -0.39 is 24.3 Å². The molecule has 0 spiro atoms. The van der Waals surface area contributed by atoms with E-state index in [9.17, 15) is 20.1 Å². The van der Waals surface area contributed by atoms with Crippen LogP contribution in [0.3, 0.4) is 0 Å². The van der Waals surface area contributed by atoms with Gasteiger partial charge in [0.15, 0.2) is 0 Å². The highest BCUT2D eigenvalue weighted by Crippen LogP contribution is 2.35. The van der Waals surface area contributed by atoms with Crippen LogP contribution < -0.4 is 18.9 Å². The zero-order valence-electron chi connectivity index (χ0n) is 30.1. The number of carbonyl (C=O) groups excluding carboxylic acids is 1. The molecule has 0 aliphatic heterocycles. The smallest absolute Gasteiger partial charge is 0.330 e. The molecule has 0 saturated carbocycles. The normalized spacial score (nSPS) is 13.4. The molecule has 0 bridgehead atoms. The summed E-state index contributed by atoms with van der Waals surface area (Å²) in [4.78, 5) is 11.2. The summed E-state index contributed by atoms with van der Waals surface area (Å²) in [5.74, 6) is 2.02. The molecule has 51 heavy (non-hydrogen) atoms. The number of hydrogen-bond donors (Lipinski definition) is 3. The van der Waals surface area contributed by atoms with E-state index in [0.29, 0.717) is 17.2 Å². The summed E-state index contributed by atoms with van der Waals surface area (Å²) in [6, 6.07) is 31.2. The molecule has 0 fully saturated rings. The van der Waals surface area contributed by atoms with Gasteiger partial charge in [-0.15, -0.1) is 0 Å². The summed E-state index contributed by atoms with van der Waals surface area (Å²) in [6.07, 6.45) is -1.25. The average Bonchev–Trinajstić information content (AvgIpc) is 3.14. The Morgan fingerprint density at radius 2 is 0.824 bits per heavy atom. The minimum Gasteiger partial charge on any atom is -0.491 e. The number of hydrogen-bond acceptors (Lipinski definition) is 9. The Bertz CT molecular complexity index is 1660. The van der Waals surface area contributed by atoms with Crippen molar-refractivity contribution in [3.63, 3.8) is 0 Å². The standard InChI is InChI=1S/C42H50O9/c1-7-40(46)51-28-35(45)27-50-39-22-14-33(15-23-39)42(5,6)32-12-20-38(21-13-32)49-26-34(44)25-48-37-18-10-31(11-19-37)41(3,4)30-8-16-36(17-9-30)47-24-29(2)43/h7-23,29,34-35,43-45H,1,24-28H2,2-6H3. The number of ether oxygens (including phenoxy) is 5. The molecule has 0 aliphatic rings. The summed E-state index contributed by atoms with van der Waals surface area (Å²) in [7, 11) is 0. The van der Waals surface area contributed by atoms with E-state index in [2.05, 4.69) is 34.3 Å². The van der Waals surface area contributed by atoms with E-state index in [-0.39, 0.29) is 43.9 Å². The number of rotatable bonds is 19. The molecule has 9 heteroatoms. The molecule has 272 valence electrons. The highest BCUT2D eigenvalue weighted by molar-refractivity contribution is 5.81. The molecule has 0 saturated heterocycles. The summed E-state index contributed by atoms with van der Waals surface area (Å²) in [6.45, 7) is 13.8. The van der Waals surface area contributed by atoms with E-state index in [0.717, 1.165) is 34.1 Å². The largest absolute Gasteiger partial charge is 0.491 e. The molecular weight excluding hydrogens is 648 g/mol. The zero-order chi connectivity index (χ0) is 37.0. The van der Waals surface area contributed by atoms with Crippen LogP contribution in [0.5, 0.6) is 23.0 Å². The third kappa shape index (κ3) is 11.3. The van der Waals surface area contributed by atoms with Crippen LogP contribution >= 0.6 is 0 Å². The van der Waals surface area contributed by atoms with Gasteiger partial charge in [0.2, 0.25) is 0 Å². The highest BCUT2D eigenvalue weighted by atomic mass is 16.5. The molecule has 0 amide bonds. The molecule has 0 radical (unpaired) electrons. The lowest BCUT2D eigenvalue weighted by atomic mass is 9.78. The minimum atomic E-state index is -0.948. The highest BCUT2D eigenvalue weighted by Gasteiger charge is 2.24. The van der Waals surface area contributed by atoms with Crippen LogP contribution in [0.4, 0.5) is 0 Å². The lowest BCUT2D eigenvalue weighted by molar-refractivity contribution is -0.141. The fourth-order valence-corrected chi connectivity index (χ4v) is 5.33. The van der Waals surface area contributed by atoms with Crippen molar-refractivity contribution in [1.29, 1.82) is 0 Å². The van der Waals surface area contributed by atoms with Gasteiger partial charge in [0.25, 0.3) is 0 Å². The first-order chi connectivity index (χ1) is 24.3. The Kier molecular flexibility index (Phi) is 13.7. The predicted molar refractivity (Wildman–Crippen MR) is 197 cm³/mol. The predicted octanol–water partition coefficient (Wildman–Crippen LogP) is 6.39. The van der Waals surface area contributed by atoms with Gasteiger partial charge in [-0.1, -0.05) is 82.8 Å². The Labute approximate surface area is 301 Å². The van der Waals surface area contributed by atoms with Crippen LogP contribution in [0.2, 0.25) is 0 Å². The van der Waals surface area contributed by atoms with E-state index in [1.165, 1.54) is 0 Å². The summed E-state index contributed by atoms with van der Waals surface area (Å²) in [5, 5.41) is 30.0. The first kappa shape index (κ1) is 39.0. The molecule has 0 aromatic heterocycles. The Hall–Kier alpha value is -4.83. The van der Waals surface area contributed by atoms with Gasteiger partial charge in [0.05, 0.1) is 6.10 Å². The average molecular weight is 699 g/mol. The summed E-state index contributed by atoms with van der Waals surface area (Å²) in [5.41, 5.74) is 3.83. The lowest BCUT2D eigenvalue weighted by Crippen LogP contribution is -2.25. The van der Waals surface area contributed by atoms with Crippen molar-refractivity contribution in [3.05, 3.63) is 132 Å². The van der Waals surface area contributed by atoms with Crippen LogP contribution in [0.15, 0.2) is 110 Å². The summed E-state index contributed by atoms with van der Waals surface area (Å²) >= 11 is 0. The number of carbonyl (C=O) groups is 1. The van der Waals surface area contributed by atoms with E-state index >= 15 is 0 Å². The quantitative estimate of drug-likeness (QED) is 0.0756. The molecule has 0 heterocycles. The third-order valence-corrected chi connectivity index (χ3v) is 8.71. The second-order valence-electron chi connectivity index (χ2n) is 13.6. The van der Waals surface area contributed by atoms with Gasteiger partial charge in [0, 0.05) is 16.9 Å².